The fourth-order valence-corrected chi connectivity index (χ4v) is 3.62. The highest BCUT2D eigenvalue weighted by Gasteiger charge is 2.25. The zero-order valence-electron chi connectivity index (χ0n) is 9.88. The van der Waals surface area contributed by atoms with Crippen LogP contribution in [0.4, 0.5) is 0 Å². The molecule has 1 aromatic carbocycles. The minimum absolute atomic E-state index is 0.623. The van der Waals surface area contributed by atoms with Crippen LogP contribution in [0.2, 0.25) is 10.0 Å². The number of benzene rings is 1. The fourth-order valence-electron chi connectivity index (χ4n) is 2.34. The molecule has 1 saturated carbocycles. The van der Waals surface area contributed by atoms with Gasteiger partial charge in [0, 0.05) is 17.8 Å². The lowest BCUT2D eigenvalue weighted by Crippen LogP contribution is -2.33. The van der Waals surface area contributed by atoms with Gasteiger partial charge in [-0.15, -0.1) is 0 Å². The van der Waals surface area contributed by atoms with E-state index in [4.69, 9.17) is 23.2 Å². The van der Waals surface area contributed by atoms with Gasteiger partial charge in [-0.2, -0.15) is 11.8 Å². The second-order valence-electron chi connectivity index (χ2n) is 4.44. The molecule has 0 bridgehead atoms. The first kappa shape index (κ1) is 13.5. The summed E-state index contributed by atoms with van der Waals surface area (Å²) in [4.78, 5) is 0. The van der Waals surface area contributed by atoms with Gasteiger partial charge in [0.05, 0.1) is 10.0 Å². The van der Waals surface area contributed by atoms with E-state index in [1.165, 1.54) is 24.8 Å². The molecule has 94 valence electrons. The summed E-state index contributed by atoms with van der Waals surface area (Å²) in [7, 11) is 0. The molecule has 0 amide bonds. The van der Waals surface area contributed by atoms with Crippen molar-refractivity contribution in [1.29, 1.82) is 0 Å². The Hall–Kier alpha value is 0.110. The molecule has 1 N–H and O–H groups in total. The quantitative estimate of drug-likeness (QED) is 0.884. The second-order valence-corrected chi connectivity index (χ2v) is 6.33. The first-order chi connectivity index (χ1) is 8.20. The van der Waals surface area contributed by atoms with Crippen molar-refractivity contribution < 1.29 is 0 Å². The van der Waals surface area contributed by atoms with Crippen molar-refractivity contribution in [3.8, 4) is 0 Å². The highest BCUT2D eigenvalue weighted by atomic mass is 35.5. The molecule has 1 nitrogen and oxygen atoms in total. The number of hydrogen-bond donors (Lipinski definition) is 1. The van der Waals surface area contributed by atoms with E-state index in [1.807, 2.05) is 30.0 Å². The van der Waals surface area contributed by atoms with Crippen molar-refractivity contribution in [3.63, 3.8) is 0 Å². The summed E-state index contributed by atoms with van der Waals surface area (Å²) in [6.45, 7) is 0.874. The molecule has 1 aliphatic rings. The summed E-state index contributed by atoms with van der Waals surface area (Å²) >= 11 is 13.9. The average Bonchev–Trinajstić information content (AvgIpc) is 2.78. The van der Waals surface area contributed by atoms with Crippen molar-refractivity contribution in [3.05, 3.63) is 33.8 Å². The molecule has 2 unspecified atom stereocenters. The smallest absolute Gasteiger partial charge is 0.0595 e. The Kier molecular flexibility index (Phi) is 5.04. The summed E-state index contributed by atoms with van der Waals surface area (Å²) in [6, 6.07) is 6.48. The van der Waals surface area contributed by atoms with Gasteiger partial charge in [-0.05, 0) is 36.8 Å². The van der Waals surface area contributed by atoms with E-state index in [1.54, 1.807) is 0 Å². The summed E-state index contributed by atoms with van der Waals surface area (Å²) in [5.41, 5.74) is 1.20. The van der Waals surface area contributed by atoms with E-state index in [9.17, 15) is 0 Å². The summed E-state index contributed by atoms with van der Waals surface area (Å²) in [6.07, 6.45) is 6.15. The van der Waals surface area contributed by atoms with Gasteiger partial charge >= 0.3 is 0 Å². The second kappa shape index (κ2) is 6.33. The van der Waals surface area contributed by atoms with Crippen LogP contribution in [0.25, 0.3) is 0 Å². The van der Waals surface area contributed by atoms with E-state index >= 15 is 0 Å². The van der Waals surface area contributed by atoms with Gasteiger partial charge in [0.2, 0.25) is 0 Å². The predicted molar refractivity (Wildman–Crippen MR) is 78.2 cm³/mol. The number of rotatable bonds is 4. The fraction of sp³-hybridized carbons (Fsp3) is 0.538. The summed E-state index contributed by atoms with van der Waals surface area (Å²) < 4.78 is 0. The molecule has 0 aromatic heterocycles. The van der Waals surface area contributed by atoms with Gasteiger partial charge in [-0.1, -0.05) is 35.7 Å². The summed E-state index contributed by atoms with van der Waals surface area (Å²) in [5, 5.41) is 5.65. The maximum absolute atomic E-state index is 6.00. The van der Waals surface area contributed by atoms with Gasteiger partial charge in [-0.25, -0.2) is 0 Å². The molecule has 1 aromatic rings. The van der Waals surface area contributed by atoms with Crippen LogP contribution in [0.1, 0.15) is 24.8 Å². The number of hydrogen-bond acceptors (Lipinski definition) is 2. The highest BCUT2D eigenvalue weighted by molar-refractivity contribution is 7.99. The lowest BCUT2D eigenvalue weighted by Gasteiger charge is -2.19. The Morgan fingerprint density at radius 2 is 2.12 bits per heavy atom. The lowest BCUT2D eigenvalue weighted by molar-refractivity contribution is 0.532. The van der Waals surface area contributed by atoms with Crippen LogP contribution in [0, 0.1) is 0 Å². The highest BCUT2D eigenvalue weighted by Crippen LogP contribution is 2.29. The third kappa shape index (κ3) is 3.54. The molecule has 0 spiro atoms. The third-order valence-corrected chi connectivity index (χ3v) is 5.22. The molecule has 2 rings (SSSR count). The van der Waals surface area contributed by atoms with Crippen LogP contribution in [0.5, 0.6) is 0 Å². The zero-order chi connectivity index (χ0) is 12.3. The monoisotopic (exact) mass is 289 g/mol. The Morgan fingerprint density at radius 1 is 1.29 bits per heavy atom. The standard InChI is InChI=1S/C13H17Cl2NS/c1-17-13-4-2-3-12(13)16-8-9-5-6-10(14)11(15)7-9/h5-7,12-13,16H,2-4,8H2,1H3. The van der Waals surface area contributed by atoms with Crippen LogP contribution < -0.4 is 5.32 Å². The van der Waals surface area contributed by atoms with Crippen molar-refractivity contribution in [2.45, 2.75) is 37.1 Å². The third-order valence-electron chi connectivity index (χ3n) is 3.31. The van der Waals surface area contributed by atoms with Crippen LogP contribution in [-0.4, -0.2) is 17.5 Å². The first-order valence-electron chi connectivity index (χ1n) is 5.91. The Bertz CT molecular complexity index is 384. The Labute approximate surface area is 117 Å². The SMILES string of the molecule is CSC1CCCC1NCc1ccc(Cl)c(Cl)c1. The molecule has 1 fully saturated rings. The predicted octanol–water partition coefficient (Wildman–Crippen LogP) is 4.37. The number of nitrogens with one attached hydrogen (secondary N) is 1. The first-order valence-corrected chi connectivity index (χ1v) is 7.95. The Balaban J connectivity index is 1.91. The van der Waals surface area contributed by atoms with Crippen molar-refractivity contribution in [1.82, 2.24) is 5.32 Å². The maximum atomic E-state index is 6.00. The normalized spacial score (nSPS) is 24.2. The lowest BCUT2D eigenvalue weighted by atomic mass is 10.2. The van der Waals surface area contributed by atoms with Gasteiger partial charge in [0.25, 0.3) is 0 Å². The molecule has 0 aliphatic heterocycles. The molecular weight excluding hydrogens is 273 g/mol. The van der Waals surface area contributed by atoms with E-state index in [-0.39, 0.29) is 0 Å². The van der Waals surface area contributed by atoms with Gasteiger partial charge < -0.3 is 5.32 Å². The van der Waals surface area contributed by atoms with E-state index in [2.05, 4.69) is 11.6 Å². The zero-order valence-corrected chi connectivity index (χ0v) is 12.2. The van der Waals surface area contributed by atoms with Crippen LogP contribution in [-0.2, 0) is 6.54 Å². The van der Waals surface area contributed by atoms with Crippen LogP contribution in [0.3, 0.4) is 0 Å². The Morgan fingerprint density at radius 3 is 2.82 bits per heavy atom. The molecule has 0 radical (unpaired) electrons. The molecule has 1 aliphatic carbocycles. The van der Waals surface area contributed by atoms with Crippen molar-refractivity contribution in [2.24, 2.45) is 0 Å². The topological polar surface area (TPSA) is 12.0 Å². The minimum Gasteiger partial charge on any atom is -0.309 e. The van der Waals surface area contributed by atoms with Crippen LogP contribution in [0.15, 0.2) is 18.2 Å². The van der Waals surface area contributed by atoms with Crippen LogP contribution >= 0.6 is 35.0 Å². The molecule has 4 heteroatoms. The number of thioether (sulfide) groups is 1. The van der Waals surface area contributed by atoms with Crippen molar-refractivity contribution in [2.75, 3.05) is 6.26 Å². The summed E-state index contributed by atoms with van der Waals surface area (Å²) in [5.74, 6) is 0. The molecule has 17 heavy (non-hydrogen) atoms. The van der Waals surface area contributed by atoms with Gasteiger partial charge in [0.1, 0.15) is 0 Å². The van der Waals surface area contributed by atoms with Crippen molar-refractivity contribution >= 4 is 35.0 Å². The molecule has 0 saturated heterocycles. The van der Waals surface area contributed by atoms with Gasteiger partial charge in [-0.3, -0.25) is 0 Å². The minimum atomic E-state index is 0.623. The molecular formula is C13H17Cl2NS. The largest absolute Gasteiger partial charge is 0.309 e. The van der Waals surface area contributed by atoms with Gasteiger partial charge in [0.15, 0.2) is 0 Å². The molecule has 0 heterocycles. The van der Waals surface area contributed by atoms with E-state index < -0.39 is 0 Å². The van der Waals surface area contributed by atoms with E-state index in [0.29, 0.717) is 16.1 Å². The number of halogens is 2. The molecule has 2 atom stereocenters. The maximum Gasteiger partial charge on any atom is 0.0595 e. The van der Waals surface area contributed by atoms with E-state index in [0.717, 1.165) is 11.8 Å². The average molecular weight is 290 g/mol.